The maximum absolute atomic E-state index is 12.3. The van der Waals surface area contributed by atoms with Crippen molar-refractivity contribution in [3.8, 4) is 22.9 Å². The molecule has 1 aromatic heterocycles. The number of alkyl halides is 2. The van der Waals surface area contributed by atoms with Crippen molar-refractivity contribution in [2.75, 3.05) is 0 Å². The molecule has 0 aliphatic rings. The molecule has 0 bridgehead atoms. The summed E-state index contributed by atoms with van der Waals surface area (Å²) in [5.41, 5.74) is 1.02. The zero-order valence-electron chi connectivity index (χ0n) is 12.8. The molecule has 0 atom stereocenters. The van der Waals surface area contributed by atoms with Crippen molar-refractivity contribution in [2.24, 2.45) is 0 Å². The van der Waals surface area contributed by atoms with Crippen LogP contribution in [0.1, 0.15) is 16.2 Å². The lowest BCUT2D eigenvalue weighted by molar-refractivity contribution is -0.0498. The number of benzene rings is 2. The van der Waals surface area contributed by atoms with Gasteiger partial charge in [0.05, 0.1) is 0 Å². The Labute approximate surface area is 141 Å². The molecule has 128 valence electrons. The Morgan fingerprint density at radius 1 is 1.12 bits per heavy atom. The third-order valence-electron chi connectivity index (χ3n) is 3.16. The summed E-state index contributed by atoms with van der Waals surface area (Å²) >= 11 is 0. The first-order valence-electron chi connectivity index (χ1n) is 7.20. The van der Waals surface area contributed by atoms with Crippen molar-refractivity contribution in [3.63, 3.8) is 0 Å². The van der Waals surface area contributed by atoms with Crippen LogP contribution in [0, 0.1) is 0 Å². The lowest BCUT2D eigenvalue weighted by Gasteiger charge is -2.04. The lowest BCUT2D eigenvalue weighted by atomic mass is 10.2. The number of halogens is 2. The molecule has 2 aromatic carbocycles. The maximum atomic E-state index is 12.3. The fourth-order valence-corrected chi connectivity index (χ4v) is 2.03. The van der Waals surface area contributed by atoms with Crippen LogP contribution in [0.25, 0.3) is 11.4 Å². The van der Waals surface area contributed by atoms with Gasteiger partial charge >= 0.3 is 6.61 Å². The zero-order valence-corrected chi connectivity index (χ0v) is 12.8. The highest BCUT2D eigenvalue weighted by Gasteiger charge is 2.11. The predicted molar refractivity (Wildman–Crippen MR) is 82.5 cm³/mol. The van der Waals surface area contributed by atoms with E-state index >= 15 is 0 Å². The Kier molecular flexibility index (Phi) is 4.98. The molecular weight excluding hydrogens is 334 g/mol. The number of carbonyl (C=O) groups is 1. The number of hydrogen-bond acceptors (Lipinski definition) is 6. The van der Waals surface area contributed by atoms with Gasteiger partial charge in [-0.05, 0) is 36.4 Å². The number of rotatable bonds is 7. The molecule has 3 rings (SSSR count). The van der Waals surface area contributed by atoms with E-state index in [0.717, 1.165) is 6.29 Å². The molecular formula is C17H12F2N2O4. The van der Waals surface area contributed by atoms with Crippen molar-refractivity contribution in [1.82, 2.24) is 10.1 Å². The van der Waals surface area contributed by atoms with Gasteiger partial charge in [-0.2, -0.15) is 13.8 Å². The Balaban J connectivity index is 1.66. The third-order valence-corrected chi connectivity index (χ3v) is 3.16. The van der Waals surface area contributed by atoms with Gasteiger partial charge in [0.1, 0.15) is 17.8 Å². The maximum Gasteiger partial charge on any atom is 0.387 e. The molecule has 0 N–H and O–H groups in total. The van der Waals surface area contributed by atoms with Crippen LogP contribution in [0.15, 0.2) is 53.1 Å². The van der Waals surface area contributed by atoms with E-state index in [-0.39, 0.29) is 24.1 Å². The summed E-state index contributed by atoms with van der Waals surface area (Å²) < 4.78 is 39.4. The summed E-state index contributed by atoms with van der Waals surface area (Å²) in [6.45, 7) is -2.88. The fraction of sp³-hybridized carbons (Fsp3) is 0.118. The second kappa shape index (κ2) is 7.52. The van der Waals surface area contributed by atoms with Gasteiger partial charge in [0.2, 0.25) is 5.82 Å². The average molecular weight is 346 g/mol. The van der Waals surface area contributed by atoms with Gasteiger partial charge < -0.3 is 14.0 Å². The molecule has 0 fully saturated rings. The van der Waals surface area contributed by atoms with Crippen LogP contribution in [0.5, 0.6) is 11.5 Å². The van der Waals surface area contributed by atoms with Gasteiger partial charge in [-0.15, -0.1) is 0 Å². The summed E-state index contributed by atoms with van der Waals surface area (Å²) in [4.78, 5) is 14.7. The van der Waals surface area contributed by atoms with Gasteiger partial charge in [-0.3, -0.25) is 4.79 Å². The topological polar surface area (TPSA) is 74.5 Å². The Hall–Kier alpha value is -3.29. The molecule has 8 heteroatoms. The van der Waals surface area contributed by atoms with Gasteiger partial charge in [-0.1, -0.05) is 17.3 Å². The minimum atomic E-state index is -2.91. The van der Waals surface area contributed by atoms with Gasteiger partial charge in [0, 0.05) is 11.1 Å². The van der Waals surface area contributed by atoms with Crippen molar-refractivity contribution < 1.29 is 27.6 Å². The second-order valence-corrected chi connectivity index (χ2v) is 4.89. The van der Waals surface area contributed by atoms with E-state index in [2.05, 4.69) is 14.9 Å². The molecule has 1 heterocycles. The molecule has 0 unspecified atom stereocenters. The van der Waals surface area contributed by atoms with Crippen molar-refractivity contribution in [3.05, 3.63) is 60.0 Å². The van der Waals surface area contributed by atoms with Gasteiger partial charge in [0.15, 0.2) is 6.61 Å². The molecule has 0 aliphatic carbocycles. The number of ether oxygens (including phenoxy) is 2. The molecule has 0 saturated heterocycles. The van der Waals surface area contributed by atoms with Crippen LogP contribution in [-0.4, -0.2) is 23.0 Å². The van der Waals surface area contributed by atoms with Crippen LogP contribution in [0.3, 0.4) is 0 Å². The molecule has 25 heavy (non-hydrogen) atoms. The van der Waals surface area contributed by atoms with Gasteiger partial charge in [-0.25, -0.2) is 0 Å². The predicted octanol–water partition coefficient (Wildman–Crippen LogP) is 3.73. The number of hydrogen-bond donors (Lipinski definition) is 0. The highest BCUT2D eigenvalue weighted by Crippen LogP contribution is 2.23. The molecule has 6 nitrogen and oxygen atoms in total. The van der Waals surface area contributed by atoms with Crippen LogP contribution < -0.4 is 9.47 Å². The van der Waals surface area contributed by atoms with Crippen molar-refractivity contribution >= 4 is 6.29 Å². The second-order valence-electron chi connectivity index (χ2n) is 4.89. The summed E-state index contributed by atoms with van der Waals surface area (Å²) in [5, 5.41) is 3.79. The molecule has 0 aliphatic heterocycles. The van der Waals surface area contributed by atoms with E-state index in [4.69, 9.17) is 9.26 Å². The van der Waals surface area contributed by atoms with E-state index in [0.29, 0.717) is 16.9 Å². The largest absolute Gasteiger partial charge is 0.484 e. The summed E-state index contributed by atoms with van der Waals surface area (Å²) in [6.07, 6.45) is 0.736. The molecule has 3 aromatic rings. The van der Waals surface area contributed by atoms with Crippen molar-refractivity contribution in [2.45, 2.75) is 13.2 Å². The Morgan fingerprint density at radius 3 is 2.64 bits per heavy atom. The molecule has 0 saturated carbocycles. The smallest absolute Gasteiger partial charge is 0.387 e. The van der Waals surface area contributed by atoms with E-state index in [1.165, 1.54) is 12.1 Å². The molecule has 0 amide bonds. The van der Waals surface area contributed by atoms with Crippen LogP contribution >= 0.6 is 0 Å². The first kappa shape index (κ1) is 16.6. The quantitative estimate of drug-likeness (QED) is 0.607. The third kappa shape index (κ3) is 4.37. The molecule has 0 spiro atoms. The SMILES string of the molecule is O=Cc1ccc(OCc2nc(-c3cccc(OC(F)F)c3)no2)cc1. The van der Waals surface area contributed by atoms with E-state index in [9.17, 15) is 13.6 Å². The van der Waals surface area contributed by atoms with Crippen molar-refractivity contribution in [1.29, 1.82) is 0 Å². The van der Waals surface area contributed by atoms with E-state index < -0.39 is 6.61 Å². The minimum Gasteiger partial charge on any atom is -0.484 e. The zero-order chi connectivity index (χ0) is 17.6. The lowest BCUT2D eigenvalue weighted by Crippen LogP contribution is -2.01. The Morgan fingerprint density at radius 2 is 1.92 bits per heavy atom. The number of nitrogens with zero attached hydrogens (tertiary/aromatic N) is 2. The number of carbonyl (C=O) groups excluding carboxylic acids is 1. The van der Waals surface area contributed by atoms with Crippen LogP contribution in [0.2, 0.25) is 0 Å². The van der Waals surface area contributed by atoms with E-state index in [1.807, 2.05) is 0 Å². The molecule has 0 radical (unpaired) electrons. The number of aromatic nitrogens is 2. The monoisotopic (exact) mass is 346 g/mol. The Bertz CT molecular complexity index is 850. The van der Waals surface area contributed by atoms with Crippen LogP contribution in [0.4, 0.5) is 8.78 Å². The first-order chi connectivity index (χ1) is 12.1. The summed E-state index contributed by atoms with van der Waals surface area (Å²) in [5.74, 6) is 0.993. The van der Waals surface area contributed by atoms with Gasteiger partial charge in [0.25, 0.3) is 5.89 Å². The van der Waals surface area contributed by atoms with E-state index in [1.54, 1.807) is 36.4 Å². The normalized spacial score (nSPS) is 10.7. The summed E-state index contributed by atoms with van der Waals surface area (Å²) in [6, 6.07) is 12.5. The standard InChI is InChI=1S/C17H12F2N2O4/c18-17(19)24-14-3-1-2-12(8-14)16-20-15(25-21-16)10-23-13-6-4-11(9-22)5-7-13/h1-9,17H,10H2. The average Bonchev–Trinajstić information content (AvgIpc) is 3.09. The van der Waals surface area contributed by atoms with Crippen LogP contribution in [-0.2, 0) is 6.61 Å². The highest BCUT2D eigenvalue weighted by atomic mass is 19.3. The fourth-order valence-electron chi connectivity index (χ4n) is 2.03. The minimum absolute atomic E-state index is 0.00497. The highest BCUT2D eigenvalue weighted by molar-refractivity contribution is 5.74. The first-order valence-corrected chi connectivity index (χ1v) is 7.20. The summed E-state index contributed by atoms with van der Waals surface area (Å²) in [7, 11) is 0. The number of aldehydes is 1.